The molecule has 19 heavy (non-hydrogen) atoms. The van der Waals surface area contributed by atoms with E-state index in [1.54, 1.807) is 0 Å². The third kappa shape index (κ3) is 3.90. The van der Waals surface area contributed by atoms with Crippen molar-refractivity contribution in [3.8, 4) is 0 Å². The lowest BCUT2D eigenvalue weighted by atomic mass is 10.2. The predicted octanol–water partition coefficient (Wildman–Crippen LogP) is 1.95. The Morgan fingerprint density at radius 2 is 2.21 bits per heavy atom. The molecule has 1 unspecified atom stereocenters. The van der Waals surface area contributed by atoms with Crippen molar-refractivity contribution in [2.24, 2.45) is 0 Å². The monoisotopic (exact) mass is 266 g/mol. The molecule has 1 aromatic rings. The molecule has 0 saturated carbocycles. The second-order valence-electron chi connectivity index (χ2n) is 4.16. The molecule has 0 aliphatic carbocycles. The molecule has 1 atom stereocenters. The molecular weight excluding hydrogens is 248 g/mol. The molecule has 7 nitrogen and oxygen atoms in total. The van der Waals surface area contributed by atoms with Crippen molar-refractivity contribution in [3.05, 3.63) is 27.9 Å². The number of aromatic nitrogens is 1. The van der Waals surface area contributed by atoms with Crippen LogP contribution in [0.3, 0.4) is 0 Å². The van der Waals surface area contributed by atoms with Gasteiger partial charge >= 0.3 is 0 Å². The highest BCUT2D eigenvalue weighted by molar-refractivity contribution is 5.98. The van der Waals surface area contributed by atoms with Crippen molar-refractivity contribution in [3.63, 3.8) is 0 Å². The minimum absolute atomic E-state index is 0.0243. The van der Waals surface area contributed by atoms with Crippen LogP contribution in [0.1, 0.15) is 37.6 Å². The van der Waals surface area contributed by atoms with E-state index in [-0.39, 0.29) is 17.3 Å². The molecule has 0 saturated heterocycles. The van der Waals surface area contributed by atoms with Gasteiger partial charge in [0.05, 0.1) is 4.92 Å². The topological polar surface area (TPSA) is 97.2 Å². The van der Waals surface area contributed by atoms with Gasteiger partial charge in [-0.25, -0.2) is 4.98 Å². The zero-order chi connectivity index (χ0) is 14.4. The Balaban J connectivity index is 3.09. The molecule has 0 aliphatic rings. The Hall–Kier alpha value is -2.18. The average molecular weight is 266 g/mol. The zero-order valence-electron chi connectivity index (χ0n) is 11.3. The molecule has 104 valence electrons. The van der Waals surface area contributed by atoms with Crippen molar-refractivity contribution >= 4 is 17.4 Å². The number of hydrogen-bond acceptors (Lipinski definition) is 5. The van der Waals surface area contributed by atoms with Gasteiger partial charge in [0.1, 0.15) is 17.6 Å². The quantitative estimate of drug-likeness (QED) is 0.606. The number of nitrogens with one attached hydrogen (secondary N) is 2. The molecule has 1 amide bonds. The van der Waals surface area contributed by atoms with Crippen LogP contribution >= 0.6 is 0 Å². The largest absolute Gasteiger partial charge is 0.370 e. The van der Waals surface area contributed by atoms with E-state index < -0.39 is 10.8 Å². The van der Waals surface area contributed by atoms with Gasteiger partial charge in [-0.15, -0.1) is 0 Å². The van der Waals surface area contributed by atoms with Crippen molar-refractivity contribution < 1.29 is 9.72 Å². The van der Waals surface area contributed by atoms with Crippen LogP contribution in [0.5, 0.6) is 0 Å². The van der Waals surface area contributed by atoms with Gasteiger partial charge in [-0.3, -0.25) is 14.9 Å². The minimum Gasteiger partial charge on any atom is -0.370 e. The zero-order valence-corrected chi connectivity index (χ0v) is 11.3. The Bertz CT molecular complexity index is 476. The number of amides is 1. The van der Waals surface area contributed by atoms with Crippen molar-refractivity contribution in [1.29, 1.82) is 0 Å². The molecule has 0 fully saturated rings. The van der Waals surface area contributed by atoms with Crippen LogP contribution in [0.2, 0.25) is 0 Å². The molecule has 1 aromatic heterocycles. The summed E-state index contributed by atoms with van der Waals surface area (Å²) in [5.41, 5.74) is -0.265. The number of nitro groups is 1. The Morgan fingerprint density at radius 3 is 2.74 bits per heavy atom. The second kappa shape index (κ2) is 6.67. The molecule has 1 heterocycles. The van der Waals surface area contributed by atoms with E-state index in [1.807, 2.05) is 20.8 Å². The van der Waals surface area contributed by atoms with Gasteiger partial charge in [-0.2, -0.15) is 0 Å². The van der Waals surface area contributed by atoms with Gasteiger partial charge in [-0.05, 0) is 20.3 Å². The molecule has 7 heteroatoms. The van der Waals surface area contributed by atoms with Gasteiger partial charge in [0.15, 0.2) is 0 Å². The van der Waals surface area contributed by atoms with Crippen LogP contribution < -0.4 is 10.6 Å². The smallest absolute Gasteiger partial charge is 0.300 e. The summed E-state index contributed by atoms with van der Waals surface area (Å²) in [7, 11) is 0. The van der Waals surface area contributed by atoms with Gasteiger partial charge in [-0.1, -0.05) is 6.92 Å². The van der Waals surface area contributed by atoms with Crippen LogP contribution in [-0.2, 0) is 0 Å². The predicted molar refractivity (Wildman–Crippen MR) is 72.3 cm³/mol. The third-order valence-corrected chi connectivity index (χ3v) is 2.67. The SMILES string of the molecule is CCNc1cc(C(=O)NC(C)CC)c([N+](=O)[O-])cn1. The van der Waals surface area contributed by atoms with Gasteiger partial charge in [0.25, 0.3) is 11.6 Å². The van der Waals surface area contributed by atoms with Gasteiger partial charge in [0, 0.05) is 18.7 Å². The maximum absolute atomic E-state index is 12.0. The lowest BCUT2D eigenvalue weighted by Crippen LogP contribution is -2.32. The number of carbonyl (C=O) groups is 1. The summed E-state index contributed by atoms with van der Waals surface area (Å²) in [5, 5.41) is 16.5. The van der Waals surface area contributed by atoms with Crippen LogP contribution in [0.4, 0.5) is 11.5 Å². The number of pyridine rings is 1. The Kier molecular flexibility index (Phi) is 5.23. The molecule has 0 aliphatic heterocycles. The first-order chi connectivity index (χ1) is 8.99. The minimum atomic E-state index is -0.603. The second-order valence-corrected chi connectivity index (χ2v) is 4.16. The third-order valence-electron chi connectivity index (χ3n) is 2.67. The van der Waals surface area contributed by atoms with E-state index in [1.165, 1.54) is 6.07 Å². The maximum Gasteiger partial charge on any atom is 0.300 e. The first kappa shape index (κ1) is 14.9. The van der Waals surface area contributed by atoms with Crippen LogP contribution in [0.15, 0.2) is 12.3 Å². The lowest BCUT2D eigenvalue weighted by molar-refractivity contribution is -0.385. The van der Waals surface area contributed by atoms with Crippen LogP contribution in [0, 0.1) is 10.1 Å². The summed E-state index contributed by atoms with van der Waals surface area (Å²) in [6, 6.07) is 1.36. The molecule has 0 spiro atoms. The number of nitrogens with zero attached hydrogens (tertiary/aromatic N) is 2. The van der Waals surface area contributed by atoms with E-state index in [0.717, 1.165) is 12.6 Å². The van der Waals surface area contributed by atoms with Gasteiger partial charge < -0.3 is 10.6 Å². The highest BCUT2D eigenvalue weighted by Crippen LogP contribution is 2.20. The number of anilines is 1. The van der Waals surface area contributed by atoms with Crippen molar-refractivity contribution in [1.82, 2.24) is 10.3 Å². The summed E-state index contributed by atoms with van der Waals surface area (Å²) in [6.45, 7) is 6.27. The first-order valence-electron chi connectivity index (χ1n) is 6.18. The molecule has 1 rings (SSSR count). The van der Waals surface area contributed by atoms with E-state index in [4.69, 9.17) is 0 Å². The van der Waals surface area contributed by atoms with Crippen molar-refractivity contribution in [2.75, 3.05) is 11.9 Å². The van der Waals surface area contributed by atoms with Crippen LogP contribution in [0.25, 0.3) is 0 Å². The fourth-order valence-electron chi connectivity index (χ4n) is 1.46. The molecule has 2 N–H and O–H groups in total. The summed E-state index contributed by atoms with van der Waals surface area (Å²) < 4.78 is 0. The van der Waals surface area contributed by atoms with E-state index in [2.05, 4.69) is 15.6 Å². The fraction of sp³-hybridized carbons (Fsp3) is 0.500. The summed E-state index contributed by atoms with van der Waals surface area (Å²) in [5.74, 6) is -0.00926. The first-order valence-corrected chi connectivity index (χ1v) is 6.18. The highest BCUT2D eigenvalue weighted by atomic mass is 16.6. The number of rotatable bonds is 6. The van der Waals surface area contributed by atoms with E-state index >= 15 is 0 Å². The normalized spacial score (nSPS) is 11.7. The standard InChI is InChI=1S/C12H18N4O3/c1-4-8(3)15-12(17)9-6-11(13-5-2)14-7-10(9)16(18)19/h6-8H,4-5H2,1-3H3,(H,13,14)(H,15,17). The Morgan fingerprint density at radius 1 is 1.53 bits per heavy atom. The van der Waals surface area contributed by atoms with Crippen molar-refractivity contribution in [2.45, 2.75) is 33.2 Å². The maximum atomic E-state index is 12.0. The average Bonchev–Trinajstić information content (AvgIpc) is 2.38. The molecular formula is C12H18N4O3. The van der Waals surface area contributed by atoms with E-state index in [9.17, 15) is 14.9 Å². The van der Waals surface area contributed by atoms with Gasteiger partial charge in [0.2, 0.25) is 0 Å². The summed E-state index contributed by atoms with van der Waals surface area (Å²) in [4.78, 5) is 26.2. The summed E-state index contributed by atoms with van der Waals surface area (Å²) in [6.07, 6.45) is 1.86. The van der Waals surface area contributed by atoms with Crippen LogP contribution in [-0.4, -0.2) is 28.4 Å². The van der Waals surface area contributed by atoms with E-state index in [0.29, 0.717) is 12.4 Å². The Labute approximate surface area is 111 Å². The number of carbonyl (C=O) groups excluding carboxylic acids is 1. The number of hydrogen-bond donors (Lipinski definition) is 2. The lowest BCUT2D eigenvalue weighted by Gasteiger charge is -2.12. The molecule has 0 bridgehead atoms. The summed E-state index contributed by atoms with van der Waals surface area (Å²) >= 11 is 0. The molecule has 0 radical (unpaired) electrons. The molecule has 0 aromatic carbocycles. The highest BCUT2D eigenvalue weighted by Gasteiger charge is 2.22. The fourth-order valence-corrected chi connectivity index (χ4v) is 1.46.